The van der Waals surface area contributed by atoms with Gasteiger partial charge in [0.05, 0.1) is 18.9 Å². The van der Waals surface area contributed by atoms with Gasteiger partial charge in [0.1, 0.15) is 18.1 Å². The SMILES string of the molecule is CSCCC(NC(=O)C(CC(=O)O)NC(=O)C(CC(=O)O)NC(=O)C(N)CCCCN)C(=O)O. The number of amides is 3. The van der Waals surface area contributed by atoms with Crippen molar-refractivity contribution in [2.75, 3.05) is 18.6 Å². The number of nitrogens with two attached hydrogens (primary N) is 2. The summed E-state index contributed by atoms with van der Waals surface area (Å²) >= 11 is 1.34. The third kappa shape index (κ3) is 13.0. The molecule has 0 radical (unpaired) electrons. The van der Waals surface area contributed by atoms with Crippen molar-refractivity contribution in [1.82, 2.24) is 16.0 Å². The number of aliphatic carboxylic acids is 3. The highest BCUT2D eigenvalue weighted by Gasteiger charge is 2.32. The van der Waals surface area contributed by atoms with Crippen LogP contribution < -0.4 is 27.4 Å². The summed E-state index contributed by atoms with van der Waals surface area (Å²) in [6.45, 7) is 0.394. The molecule has 0 heterocycles. The number of hydrogen-bond donors (Lipinski definition) is 8. The Balaban J connectivity index is 5.43. The maximum absolute atomic E-state index is 12.6. The van der Waals surface area contributed by atoms with Crippen molar-refractivity contribution in [2.24, 2.45) is 11.5 Å². The van der Waals surface area contributed by atoms with Gasteiger partial charge in [-0.2, -0.15) is 11.8 Å². The normalized spacial score (nSPS) is 14.2. The zero-order valence-electron chi connectivity index (χ0n) is 18.8. The lowest BCUT2D eigenvalue weighted by Crippen LogP contribution is -2.57. The van der Waals surface area contributed by atoms with Gasteiger partial charge in [-0.1, -0.05) is 6.42 Å². The molecular formula is C19H33N5O9S. The van der Waals surface area contributed by atoms with Gasteiger partial charge in [-0.15, -0.1) is 0 Å². The summed E-state index contributed by atoms with van der Waals surface area (Å²) in [7, 11) is 0. The van der Waals surface area contributed by atoms with Crippen LogP contribution in [0.5, 0.6) is 0 Å². The van der Waals surface area contributed by atoms with Gasteiger partial charge in [0.25, 0.3) is 0 Å². The Morgan fingerprint density at radius 2 is 1.24 bits per heavy atom. The summed E-state index contributed by atoms with van der Waals surface area (Å²) in [6.07, 6.45) is 1.40. The summed E-state index contributed by atoms with van der Waals surface area (Å²) in [5.41, 5.74) is 11.1. The molecule has 0 rings (SSSR count). The van der Waals surface area contributed by atoms with Gasteiger partial charge in [0.15, 0.2) is 0 Å². The number of carbonyl (C=O) groups is 6. The van der Waals surface area contributed by atoms with Crippen molar-refractivity contribution in [3.8, 4) is 0 Å². The highest BCUT2D eigenvalue weighted by atomic mass is 32.2. The maximum atomic E-state index is 12.6. The minimum atomic E-state index is -1.72. The molecule has 34 heavy (non-hydrogen) atoms. The van der Waals surface area contributed by atoms with E-state index in [0.29, 0.717) is 25.1 Å². The van der Waals surface area contributed by atoms with Crippen LogP contribution in [0.4, 0.5) is 0 Å². The molecule has 0 aromatic carbocycles. The van der Waals surface area contributed by atoms with Crippen LogP contribution in [0, 0.1) is 0 Å². The first kappa shape index (κ1) is 31.1. The number of thioether (sulfide) groups is 1. The van der Waals surface area contributed by atoms with Gasteiger partial charge in [-0.3, -0.25) is 24.0 Å². The van der Waals surface area contributed by atoms with E-state index in [2.05, 4.69) is 16.0 Å². The average molecular weight is 508 g/mol. The van der Waals surface area contributed by atoms with E-state index in [9.17, 15) is 33.9 Å². The molecule has 0 bridgehead atoms. The molecule has 0 saturated carbocycles. The second-order valence-electron chi connectivity index (χ2n) is 7.39. The summed E-state index contributed by atoms with van der Waals surface area (Å²) in [4.78, 5) is 71.2. The van der Waals surface area contributed by atoms with E-state index < -0.39 is 72.6 Å². The molecule has 0 saturated heterocycles. The molecule has 0 aliphatic heterocycles. The first-order valence-corrected chi connectivity index (χ1v) is 11.8. The van der Waals surface area contributed by atoms with Gasteiger partial charge in [0, 0.05) is 0 Å². The summed E-state index contributed by atoms with van der Waals surface area (Å²) in [5, 5.41) is 33.9. The molecule has 0 spiro atoms. The topological polar surface area (TPSA) is 251 Å². The Morgan fingerprint density at radius 3 is 1.65 bits per heavy atom. The van der Waals surface area contributed by atoms with E-state index in [4.69, 9.17) is 21.7 Å². The number of carboxylic acid groups (broad SMARTS) is 3. The molecule has 0 aliphatic carbocycles. The third-order valence-electron chi connectivity index (χ3n) is 4.55. The van der Waals surface area contributed by atoms with Gasteiger partial charge in [0.2, 0.25) is 17.7 Å². The van der Waals surface area contributed by atoms with Crippen molar-refractivity contribution in [3.05, 3.63) is 0 Å². The molecule has 4 atom stereocenters. The highest BCUT2D eigenvalue weighted by molar-refractivity contribution is 7.98. The largest absolute Gasteiger partial charge is 0.481 e. The standard InChI is InChI=1S/C19H33N5O9S/c1-34-7-5-11(19(32)33)22-17(30)13(9-15(27)28)24-18(31)12(8-14(25)26)23-16(29)10(21)4-2-3-6-20/h10-13H,2-9,20-21H2,1H3,(H,22,30)(H,23,29)(H,24,31)(H,25,26)(H,27,28)(H,32,33). The zero-order valence-corrected chi connectivity index (χ0v) is 19.6. The van der Waals surface area contributed by atoms with Crippen LogP contribution in [0.2, 0.25) is 0 Å². The number of carbonyl (C=O) groups excluding carboxylic acids is 3. The van der Waals surface area contributed by atoms with Gasteiger partial charge in [-0.05, 0) is 37.8 Å². The van der Waals surface area contributed by atoms with Crippen LogP contribution >= 0.6 is 11.8 Å². The number of nitrogens with one attached hydrogen (secondary N) is 3. The van der Waals surface area contributed by atoms with Crippen LogP contribution in [-0.4, -0.2) is 93.7 Å². The molecule has 0 aromatic heterocycles. The quantitative estimate of drug-likeness (QED) is 0.0910. The molecule has 10 N–H and O–H groups in total. The van der Waals surface area contributed by atoms with Crippen molar-refractivity contribution in [3.63, 3.8) is 0 Å². The minimum absolute atomic E-state index is 0.0513. The van der Waals surface area contributed by atoms with Crippen LogP contribution in [0.25, 0.3) is 0 Å². The number of carboxylic acids is 3. The molecule has 0 aromatic rings. The monoisotopic (exact) mass is 507 g/mol. The number of hydrogen-bond acceptors (Lipinski definition) is 9. The van der Waals surface area contributed by atoms with E-state index in [1.165, 1.54) is 11.8 Å². The van der Waals surface area contributed by atoms with Gasteiger partial charge < -0.3 is 42.7 Å². The fourth-order valence-corrected chi connectivity index (χ4v) is 3.20. The predicted molar refractivity (Wildman–Crippen MR) is 122 cm³/mol. The van der Waals surface area contributed by atoms with E-state index in [1.807, 2.05) is 0 Å². The van der Waals surface area contributed by atoms with Crippen molar-refractivity contribution < 1.29 is 44.1 Å². The molecule has 14 nitrogen and oxygen atoms in total. The maximum Gasteiger partial charge on any atom is 0.326 e. The Labute approximate surface area is 200 Å². The van der Waals surface area contributed by atoms with Crippen LogP contribution in [-0.2, 0) is 28.8 Å². The molecule has 15 heteroatoms. The zero-order chi connectivity index (χ0) is 26.3. The Bertz CT molecular complexity index is 737. The van der Waals surface area contributed by atoms with Crippen LogP contribution in [0.3, 0.4) is 0 Å². The fraction of sp³-hybridized carbons (Fsp3) is 0.684. The lowest BCUT2D eigenvalue weighted by molar-refractivity contribution is -0.145. The second kappa shape index (κ2) is 16.7. The Morgan fingerprint density at radius 1 is 0.765 bits per heavy atom. The summed E-state index contributed by atoms with van der Waals surface area (Å²) in [6, 6.07) is -5.73. The van der Waals surface area contributed by atoms with Crippen LogP contribution in [0.15, 0.2) is 0 Å². The first-order chi connectivity index (χ1) is 15.9. The lowest BCUT2D eigenvalue weighted by atomic mass is 10.1. The molecule has 3 amide bonds. The van der Waals surface area contributed by atoms with Crippen molar-refractivity contribution >= 4 is 47.4 Å². The second-order valence-corrected chi connectivity index (χ2v) is 8.38. The van der Waals surface area contributed by atoms with Crippen molar-refractivity contribution in [1.29, 1.82) is 0 Å². The third-order valence-corrected chi connectivity index (χ3v) is 5.20. The smallest absolute Gasteiger partial charge is 0.326 e. The van der Waals surface area contributed by atoms with E-state index in [1.54, 1.807) is 6.26 Å². The van der Waals surface area contributed by atoms with Crippen LogP contribution in [0.1, 0.15) is 38.5 Å². The minimum Gasteiger partial charge on any atom is -0.481 e. The fourth-order valence-electron chi connectivity index (χ4n) is 2.72. The van der Waals surface area contributed by atoms with Gasteiger partial charge >= 0.3 is 17.9 Å². The van der Waals surface area contributed by atoms with E-state index in [0.717, 1.165) is 0 Å². The van der Waals surface area contributed by atoms with Crippen molar-refractivity contribution in [2.45, 2.75) is 62.7 Å². The molecule has 194 valence electrons. The molecular weight excluding hydrogens is 474 g/mol. The summed E-state index contributed by atoms with van der Waals surface area (Å²) < 4.78 is 0. The number of unbranched alkanes of at least 4 members (excludes halogenated alkanes) is 1. The summed E-state index contributed by atoms with van der Waals surface area (Å²) in [5.74, 6) is -6.89. The number of rotatable bonds is 18. The molecule has 0 fully saturated rings. The van der Waals surface area contributed by atoms with E-state index >= 15 is 0 Å². The Kier molecular flexibility index (Phi) is 15.2. The lowest BCUT2D eigenvalue weighted by Gasteiger charge is -2.24. The van der Waals surface area contributed by atoms with Gasteiger partial charge in [-0.25, -0.2) is 4.79 Å². The van der Waals surface area contributed by atoms with E-state index in [-0.39, 0.29) is 12.8 Å². The predicted octanol–water partition coefficient (Wildman–Crippen LogP) is -2.32. The first-order valence-electron chi connectivity index (χ1n) is 10.4. The molecule has 4 unspecified atom stereocenters. The highest BCUT2D eigenvalue weighted by Crippen LogP contribution is 2.05. The average Bonchev–Trinajstić information content (AvgIpc) is 2.74. The Hall–Kier alpha value is -2.91. The molecule has 0 aliphatic rings.